The van der Waals surface area contributed by atoms with Gasteiger partial charge in [0.1, 0.15) is 0 Å². The van der Waals surface area contributed by atoms with Gasteiger partial charge < -0.3 is 15.1 Å². The molecule has 2 aromatic carbocycles. The summed E-state index contributed by atoms with van der Waals surface area (Å²) in [5.41, 5.74) is 6.44. The molecule has 1 N–H and O–H groups in total. The summed E-state index contributed by atoms with van der Waals surface area (Å²) in [4.78, 5) is 16.2. The summed E-state index contributed by atoms with van der Waals surface area (Å²) >= 11 is 0. The summed E-state index contributed by atoms with van der Waals surface area (Å²) in [5.74, 6) is 0. The van der Waals surface area contributed by atoms with Gasteiger partial charge in [-0.2, -0.15) is 5.10 Å². The summed E-state index contributed by atoms with van der Waals surface area (Å²) in [6, 6.07) is 9.62. The van der Waals surface area contributed by atoms with Crippen LogP contribution in [0.4, 0.5) is 25.0 Å². The van der Waals surface area contributed by atoms with E-state index >= 15 is 0 Å². The van der Waals surface area contributed by atoms with Crippen molar-refractivity contribution in [3.63, 3.8) is 0 Å². The SMILES string of the molecule is CNC(=O)N1CCc2cccc(N3CCCc4cc(-c5cnn(C)c5)c(C(F)F)cc43)c2C1. The summed E-state index contributed by atoms with van der Waals surface area (Å²) in [6.45, 7) is 1.92. The van der Waals surface area contributed by atoms with Crippen LogP contribution in [-0.4, -0.2) is 40.8 Å². The van der Waals surface area contributed by atoms with E-state index in [2.05, 4.69) is 21.4 Å². The second kappa shape index (κ2) is 8.50. The fourth-order valence-electron chi connectivity index (χ4n) is 5.04. The van der Waals surface area contributed by atoms with Gasteiger partial charge in [-0.15, -0.1) is 0 Å². The summed E-state index contributed by atoms with van der Waals surface area (Å²) < 4.78 is 30.0. The lowest BCUT2D eigenvalue weighted by atomic mass is 9.91. The molecule has 2 aliphatic heterocycles. The Labute approximate surface area is 191 Å². The maximum Gasteiger partial charge on any atom is 0.317 e. The standard InChI is InChI=1S/C25H27F2N5O/c1-28-25(33)31-10-8-16-5-3-7-22(21(16)15-31)32-9-4-6-17-11-19(18-13-29-30(2)14-18)20(24(26)27)12-23(17)32/h3,5,7,11-14,24H,4,6,8-10,15H2,1-2H3,(H,28,33). The third-order valence-electron chi connectivity index (χ3n) is 6.66. The van der Waals surface area contributed by atoms with Crippen LogP contribution in [0.2, 0.25) is 0 Å². The molecule has 0 radical (unpaired) electrons. The highest BCUT2D eigenvalue weighted by molar-refractivity contribution is 5.79. The van der Waals surface area contributed by atoms with Crippen molar-refractivity contribution in [3.8, 4) is 11.1 Å². The van der Waals surface area contributed by atoms with Crippen molar-refractivity contribution in [1.82, 2.24) is 20.0 Å². The van der Waals surface area contributed by atoms with Crippen molar-refractivity contribution in [1.29, 1.82) is 0 Å². The van der Waals surface area contributed by atoms with Crippen molar-refractivity contribution < 1.29 is 13.6 Å². The van der Waals surface area contributed by atoms with E-state index in [4.69, 9.17) is 0 Å². The number of benzene rings is 2. The molecular weight excluding hydrogens is 424 g/mol. The molecule has 8 heteroatoms. The van der Waals surface area contributed by atoms with E-state index < -0.39 is 6.43 Å². The normalized spacial score (nSPS) is 15.4. The lowest BCUT2D eigenvalue weighted by Crippen LogP contribution is -2.41. The topological polar surface area (TPSA) is 53.4 Å². The number of nitrogens with one attached hydrogen (secondary N) is 1. The van der Waals surface area contributed by atoms with Crippen molar-refractivity contribution in [3.05, 3.63) is 65.0 Å². The lowest BCUT2D eigenvalue weighted by Gasteiger charge is -2.37. The highest BCUT2D eigenvalue weighted by atomic mass is 19.3. The van der Waals surface area contributed by atoms with Crippen LogP contribution in [0, 0.1) is 0 Å². The van der Waals surface area contributed by atoms with Crippen LogP contribution in [0.5, 0.6) is 0 Å². The second-order valence-electron chi connectivity index (χ2n) is 8.67. The minimum absolute atomic E-state index is 0.0189. The number of anilines is 2. The van der Waals surface area contributed by atoms with Gasteiger partial charge in [-0.05, 0) is 59.7 Å². The average molecular weight is 452 g/mol. The van der Waals surface area contributed by atoms with Gasteiger partial charge in [0.25, 0.3) is 6.43 Å². The maximum atomic E-state index is 14.2. The van der Waals surface area contributed by atoms with Crippen LogP contribution >= 0.6 is 0 Å². The zero-order chi connectivity index (χ0) is 23.1. The number of carbonyl (C=O) groups excluding carboxylic acids is 1. The summed E-state index contributed by atoms with van der Waals surface area (Å²) in [7, 11) is 3.42. The van der Waals surface area contributed by atoms with E-state index in [9.17, 15) is 13.6 Å². The largest absolute Gasteiger partial charge is 0.341 e. The minimum atomic E-state index is -2.59. The van der Waals surface area contributed by atoms with Crippen molar-refractivity contribution in [2.24, 2.45) is 7.05 Å². The molecular formula is C25H27F2N5O. The Hall–Kier alpha value is -3.42. The number of halogens is 2. The van der Waals surface area contributed by atoms with E-state index in [1.807, 2.05) is 18.2 Å². The van der Waals surface area contributed by atoms with E-state index in [1.54, 1.807) is 42.1 Å². The molecule has 0 spiro atoms. The van der Waals surface area contributed by atoms with E-state index in [0.29, 0.717) is 24.2 Å². The molecule has 0 bridgehead atoms. The minimum Gasteiger partial charge on any atom is -0.341 e. The highest BCUT2D eigenvalue weighted by Crippen LogP contribution is 2.43. The number of aryl methyl sites for hydroxylation is 2. The number of urea groups is 1. The number of carbonyl (C=O) groups is 1. The number of fused-ring (bicyclic) bond motifs is 2. The molecule has 0 aliphatic carbocycles. The lowest BCUT2D eigenvalue weighted by molar-refractivity contribution is 0.152. The zero-order valence-corrected chi connectivity index (χ0v) is 18.8. The first-order chi connectivity index (χ1) is 16.0. The maximum absolute atomic E-state index is 14.2. The number of alkyl halides is 2. The molecule has 2 aliphatic rings. The molecule has 6 nitrogen and oxygen atoms in total. The van der Waals surface area contributed by atoms with Crippen LogP contribution < -0.4 is 10.2 Å². The Bertz CT molecular complexity index is 1210. The smallest absolute Gasteiger partial charge is 0.317 e. The van der Waals surface area contributed by atoms with Crippen molar-refractivity contribution in [2.45, 2.75) is 32.2 Å². The summed E-state index contributed by atoms with van der Waals surface area (Å²) in [5, 5.41) is 6.88. The van der Waals surface area contributed by atoms with E-state index in [0.717, 1.165) is 48.3 Å². The molecule has 0 fully saturated rings. The van der Waals surface area contributed by atoms with Crippen LogP contribution in [0.25, 0.3) is 11.1 Å². The van der Waals surface area contributed by atoms with Gasteiger partial charge in [-0.3, -0.25) is 4.68 Å². The number of aromatic nitrogens is 2. The molecule has 5 rings (SSSR count). The van der Waals surface area contributed by atoms with Gasteiger partial charge in [0.05, 0.1) is 6.20 Å². The quantitative estimate of drug-likeness (QED) is 0.622. The predicted molar refractivity (Wildman–Crippen MR) is 124 cm³/mol. The Balaban J connectivity index is 1.60. The van der Waals surface area contributed by atoms with Gasteiger partial charge in [-0.1, -0.05) is 12.1 Å². The number of hydrogen-bond donors (Lipinski definition) is 1. The zero-order valence-electron chi connectivity index (χ0n) is 18.8. The Morgan fingerprint density at radius 1 is 1.12 bits per heavy atom. The molecule has 33 heavy (non-hydrogen) atoms. The van der Waals surface area contributed by atoms with Gasteiger partial charge in [-0.25, -0.2) is 13.6 Å². The van der Waals surface area contributed by atoms with Gasteiger partial charge in [0, 0.05) is 62.4 Å². The molecule has 172 valence electrons. The molecule has 0 saturated heterocycles. The Kier molecular flexibility index (Phi) is 5.52. The molecule has 3 aromatic rings. The first-order valence-corrected chi connectivity index (χ1v) is 11.2. The van der Waals surface area contributed by atoms with Crippen LogP contribution in [0.15, 0.2) is 42.7 Å². The fourth-order valence-corrected chi connectivity index (χ4v) is 5.04. The third-order valence-corrected chi connectivity index (χ3v) is 6.66. The number of nitrogens with zero attached hydrogens (tertiary/aromatic N) is 4. The van der Waals surface area contributed by atoms with Gasteiger partial charge in [0.15, 0.2) is 0 Å². The molecule has 0 atom stereocenters. The van der Waals surface area contributed by atoms with Crippen LogP contribution in [0.3, 0.4) is 0 Å². The van der Waals surface area contributed by atoms with E-state index in [1.165, 1.54) is 5.56 Å². The number of hydrogen-bond acceptors (Lipinski definition) is 3. The number of amides is 2. The average Bonchev–Trinajstić information content (AvgIpc) is 3.27. The fraction of sp³-hybridized carbons (Fsp3) is 0.360. The first kappa shape index (κ1) is 21.4. The Morgan fingerprint density at radius 3 is 2.70 bits per heavy atom. The molecule has 3 heterocycles. The molecule has 0 unspecified atom stereocenters. The van der Waals surface area contributed by atoms with E-state index in [-0.39, 0.29) is 11.6 Å². The first-order valence-electron chi connectivity index (χ1n) is 11.2. The molecule has 1 aromatic heterocycles. The number of rotatable bonds is 3. The van der Waals surface area contributed by atoms with Crippen molar-refractivity contribution >= 4 is 17.4 Å². The molecule has 0 saturated carbocycles. The second-order valence-corrected chi connectivity index (χ2v) is 8.67. The van der Waals surface area contributed by atoms with Gasteiger partial charge in [0.2, 0.25) is 0 Å². The highest BCUT2D eigenvalue weighted by Gasteiger charge is 2.28. The predicted octanol–water partition coefficient (Wildman–Crippen LogP) is 4.81. The van der Waals surface area contributed by atoms with Crippen molar-refractivity contribution in [2.75, 3.05) is 25.0 Å². The van der Waals surface area contributed by atoms with Crippen LogP contribution in [-0.2, 0) is 26.4 Å². The molecule has 2 amide bonds. The monoisotopic (exact) mass is 451 g/mol. The van der Waals surface area contributed by atoms with Gasteiger partial charge >= 0.3 is 6.03 Å². The third kappa shape index (κ3) is 3.83. The Morgan fingerprint density at radius 2 is 1.97 bits per heavy atom. The summed E-state index contributed by atoms with van der Waals surface area (Å²) in [6.07, 6.45) is 3.35. The van der Waals surface area contributed by atoms with Crippen LogP contribution in [0.1, 0.15) is 35.1 Å².